The summed E-state index contributed by atoms with van der Waals surface area (Å²) in [6, 6.07) is 15.3. The van der Waals surface area contributed by atoms with Gasteiger partial charge >= 0.3 is 6.18 Å². The monoisotopic (exact) mass is 459 g/mol. The van der Waals surface area contributed by atoms with Gasteiger partial charge in [-0.2, -0.15) is 13.2 Å². The molecule has 0 unspecified atom stereocenters. The van der Waals surface area contributed by atoms with Crippen LogP contribution >= 0.6 is 11.6 Å². The van der Waals surface area contributed by atoms with Gasteiger partial charge in [-0.3, -0.25) is 9.48 Å². The standard InChI is InChI=1S/C23H17ClF3N3O2/c1-14-20(22(31)30(29(14)2)17-9-4-3-5-10-17)28-13-18-12-19(24)21(32-18)15-7-6-8-16(11-15)23(25,26)27/h3-13H,1-2H3. The van der Waals surface area contributed by atoms with Gasteiger partial charge in [0.25, 0.3) is 5.56 Å². The first-order chi connectivity index (χ1) is 15.2. The van der Waals surface area contributed by atoms with E-state index in [4.69, 9.17) is 16.0 Å². The van der Waals surface area contributed by atoms with Gasteiger partial charge in [0, 0.05) is 18.7 Å². The summed E-state index contributed by atoms with van der Waals surface area (Å²) in [6.45, 7) is 1.76. The third kappa shape index (κ3) is 4.01. The average Bonchev–Trinajstić information content (AvgIpc) is 3.23. The number of furan rings is 1. The number of halogens is 4. The Labute approximate surface area is 186 Å². The Morgan fingerprint density at radius 2 is 1.78 bits per heavy atom. The highest BCUT2D eigenvalue weighted by molar-refractivity contribution is 6.33. The van der Waals surface area contributed by atoms with Crippen molar-refractivity contribution >= 4 is 23.5 Å². The van der Waals surface area contributed by atoms with Crippen LogP contribution in [0.1, 0.15) is 17.0 Å². The van der Waals surface area contributed by atoms with E-state index in [0.29, 0.717) is 11.4 Å². The van der Waals surface area contributed by atoms with Crippen molar-refractivity contribution < 1.29 is 17.6 Å². The summed E-state index contributed by atoms with van der Waals surface area (Å²) < 4.78 is 47.8. The number of aliphatic imine (C=N–C) groups is 1. The summed E-state index contributed by atoms with van der Waals surface area (Å²) >= 11 is 6.19. The van der Waals surface area contributed by atoms with Crippen molar-refractivity contribution in [1.82, 2.24) is 9.36 Å². The molecule has 2 heterocycles. The Hall–Kier alpha value is -3.52. The van der Waals surface area contributed by atoms with Crippen LogP contribution in [0.25, 0.3) is 17.0 Å². The highest BCUT2D eigenvalue weighted by atomic mass is 35.5. The zero-order chi connectivity index (χ0) is 23.0. The van der Waals surface area contributed by atoms with E-state index >= 15 is 0 Å². The molecule has 4 aromatic rings. The van der Waals surface area contributed by atoms with Crippen LogP contribution in [0.3, 0.4) is 0 Å². The van der Waals surface area contributed by atoms with E-state index in [1.54, 1.807) is 18.7 Å². The summed E-state index contributed by atoms with van der Waals surface area (Å²) in [6.07, 6.45) is -3.16. The van der Waals surface area contributed by atoms with Gasteiger partial charge in [0.15, 0.2) is 11.4 Å². The predicted molar refractivity (Wildman–Crippen MR) is 117 cm³/mol. The molecule has 4 rings (SSSR count). The van der Waals surface area contributed by atoms with E-state index in [0.717, 1.165) is 12.1 Å². The zero-order valence-corrected chi connectivity index (χ0v) is 17.8. The van der Waals surface area contributed by atoms with Crippen molar-refractivity contribution in [3.63, 3.8) is 0 Å². The first-order valence-corrected chi connectivity index (χ1v) is 9.89. The molecule has 0 spiro atoms. The van der Waals surface area contributed by atoms with Crippen LogP contribution in [0.4, 0.5) is 18.9 Å². The molecule has 0 saturated heterocycles. The maximum Gasteiger partial charge on any atom is 0.416 e. The van der Waals surface area contributed by atoms with Crippen LogP contribution in [-0.4, -0.2) is 15.6 Å². The summed E-state index contributed by atoms with van der Waals surface area (Å²) in [4.78, 5) is 17.2. The molecule has 32 heavy (non-hydrogen) atoms. The number of alkyl halides is 3. The molecule has 0 atom stereocenters. The molecular weight excluding hydrogens is 443 g/mol. The summed E-state index contributed by atoms with van der Waals surface area (Å²) in [5.41, 5.74) is 0.599. The van der Waals surface area contributed by atoms with Crippen molar-refractivity contribution in [2.24, 2.45) is 12.0 Å². The van der Waals surface area contributed by atoms with Crippen molar-refractivity contribution in [2.45, 2.75) is 13.1 Å². The lowest BCUT2D eigenvalue weighted by atomic mass is 10.1. The van der Waals surface area contributed by atoms with E-state index in [2.05, 4.69) is 4.99 Å². The minimum absolute atomic E-state index is 0.0886. The maximum atomic E-state index is 13.0. The summed E-state index contributed by atoms with van der Waals surface area (Å²) in [5.74, 6) is 0.294. The molecule has 2 aromatic heterocycles. The molecule has 0 aliphatic heterocycles. The van der Waals surface area contributed by atoms with Crippen LogP contribution in [-0.2, 0) is 13.2 Å². The lowest BCUT2D eigenvalue weighted by Gasteiger charge is -2.07. The van der Waals surface area contributed by atoms with E-state index in [-0.39, 0.29) is 33.4 Å². The first-order valence-electron chi connectivity index (χ1n) is 9.52. The largest absolute Gasteiger partial charge is 0.453 e. The third-order valence-corrected chi connectivity index (χ3v) is 5.28. The van der Waals surface area contributed by atoms with Crippen LogP contribution in [0.15, 0.2) is 74.9 Å². The van der Waals surface area contributed by atoms with Crippen LogP contribution in [0.2, 0.25) is 5.02 Å². The van der Waals surface area contributed by atoms with Gasteiger partial charge in [-0.25, -0.2) is 9.67 Å². The van der Waals surface area contributed by atoms with Gasteiger partial charge in [-0.15, -0.1) is 0 Å². The summed E-state index contributed by atoms with van der Waals surface area (Å²) in [7, 11) is 1.75. The SMILES string of the molecule is Cc1c(N=Cc2cc(Cl)c(-c3cccc(C(F)(F)F)c3)o2)c(=O)n(-c2ccccc2)n1C. The van der Waals surface area contributed by atoms with E-state index in [9.17, 15) is 18.0 Å². The molecule has 0 N–H and O–H groups in total. The second-order valence-electron chi connectivity index (χ2n) is 7.07. The number of nitrogens with zero attached hydrogens (tertiary/aromatic N) is 3. The average molecular weight is 460 g/mol. The second-order valence-corrected chi connectivity index (χ2v) is 7.48. The predicted octanol–water partition coefficient (Wildman–Crippen LogP) is 6.17. The van der Waals surface area contributed by atoms with Crippen LogP contribution in [0, 0.1) is 6.92 Å². The van der Waals surface area contributed by atoms with Crippen molar-refractivity contribution in [1.29, 1.82) is 0 Å². The smallest absolute Gasteiger partial charge is 0.416 e. The van der Waals surface area contributed by atoms with Gasteiger partial charge in [0.2, 0.25) is 0 Å². The van der Waals surface area contributed by atoms with E-state index in [1.807, 2.05) is 30.3 Å². The van der Waals surface area contributed by atoms with Gasteiger partial charge in [0.1, 0.15) is 5.76 Å². The van der Waals surface area contributed by atoms with E-state index in [1.165, 1.54) is 29.1 Å². The van der Waals surface area contributed by atoms with Crippen LogP contribution < -0.4 is 5.56 Å². The molecule has 0 bridgehead atoms. The zero-order valence-electron chi connectivity index (χ0n) is 17.0. The number of benzene rings is 2. The highest BCUT2D eigenvalue weighted by Gasteiger charge is 2.31. The number of hydrogen-bond donors (Lipinski definition) is 0. The molecule has 2 aromatic carbocycles. The fourth-order valence-electron chi connectivity index (χ4n) is 3.31. The lowest BCUT2D eigenvalue weighted by Crippen LogP contribution is -2.19. The van der Waals surface area contributed by atoms with Gasteiger partial charge < -0.3 is 4.42 Å². The molecular formula is C23H17ClF3N3O2. The normalized spacial score (nSPS) is 12.1. The van der Waals surface area contributed by atoms with Gasteiger partial charge in [-0.05, 0) is 31.2 Å². The molecule has 0 amide bonds. The fraction of sp³-hybridized carbons (Fsp3) is 0.130. The maximum absolute atomic E-state index is 13.0. The molecule has 5 nitrogen and oxygen atoms in total. The minimum atomic E-state index is -4.48. The number of hydrogen-bond acceptors (Lipinski definition) is 3. The molecule has 0 aliphatic rings. The first kappa shape index (κ1) is 21.7. The number of para-hydroxylation sites is 1. The van der Waals surface area contributed by atoms with Crippen molar-refractivity contribution in [2.75, 3.05) is 0 Å². The minimum Gasteiger partial charge on any atom is -0.453 e. The second kappa shape index (κ2) is 8.20. The summed E-state index contributed by atoms with van der Waals surface area (Å²) in [5, 5.41) is 0.136. The van der Waals surface area contributed by atoms with Crippen LogP contribution in [0.5, 0.6) is 0 Å². The lowest BCUT2D eigenvalue weighted by molar-refractivity contribution is -0.137. The molecule has 0 aliphatic carbocycles. The highest BCUT2D eigenvalue weighted by Crippen LogP contribution is 2.35. The van der Waals surface area contributed by atoms with Gasteiger partial charge in [0.05, 0.1) is 28.2 Å². The molecule has 9 heteroatoms. The van der Waals surface area contributed by atoms with E-state index < -0.39 is 11.7 Å². The Balaban J connectivity index is 1.69. The number of rotatable bonds is 4. The topological polar surface area (TPSA) is 52.4 Å². The molecule has 0 fully saturated rings. The Bertz CT molecular complexity index is 1370. The molecule has 164 valence electrons. The Morgan fingerprint density at radius 1 is 1.06 bits per heavy atom. The van der Waals surface area contributed by atoms with Crippen molar-refractivity contribution in [3.05, 3.63) is 93.1 Å². The van der Waals surface area contributed by atoms with Gasteiger partial charge in [-0.1, -0.05) is 41.9 Å². The molecule has 0 saturated carbocycles. The Morgan fingerprint density at radius 3 is 2.47 bits per heavy atom. The van der Waals surface area contributed by atoms with Crippen molar-refractivity contribution in [3.8, 4) is 17.0 Å². The Kier molecular flexibility index (Phi) is 5.56. The quantitative estimate of drug-likeness (QED) is 0.343. The number of aromatic nitrogens is 2. The third-order valence-electron chi connectivity index (χ3n) is 5.00. The fourth-order valence-corrected chi connectivity index (χ4v) is 3.57. The molecule has 0 radical (unpaired) electrons.